The summed E-state index contributed by atoms with van der Waals surface area (Å²) in [5.74, 6) is -0.574. The molecule has 8 heteroatoms. The number of carbonyl (C=O) groups excluding carboxylic acids is 3. The van der Waals surface area contributed by atoms with Gasteiger partial charge in [-0.3, -0.25) is 14.4 Å². The standard InChI is InChI=1S/C15H18N2O5S/c1-2-21-14(19)9-23-8-13(18)17-7-12(15(16)20)22-11-6-4-3-5-10(11)17/h3-6,12H,2,7-9H2,1H3,(H2,16,20)/t12-/m1/s1. The number of rotatable bonds is 6. The summed E-state index contributed by atoms with van der Waals surface area (Å²) in [6, 6.07) is 6.94. The minimum absolute atomic E-state index is 0.0607. The number of hydrogen-bond acceptors (Lipinski definition) is 6. The van der Waals surface area contributed by atoms with Gasteiger partial charge in [-0.15, -0.1) is 11.8 Å². The zero-order chi connectivity index (χ0) is 16.8. The third kappa shape index (κ3) is 4.38. The summed E-state index contributed by atoms with van der Waals surface area (Å²) < 4.78 is 10.3. The molecule has 23 heavy (non-hydrogen) atoms. The van der Waals surface area contributed by atoms with Crippen molar-refractivity contribution in [2.75, 3.05) is 29.6 Å². The van der Waals surface area contributed by atoms with Gasteiger partial charge in [-0.2, -0.15) is 0 Å². The zero-order valence-electron chi connectivity index (χ0n) is 12.7. The molecular formula is C15H18N2O5S. The molecule has 0 saturated carbocycles. The molecule has 2 rings (SSSR count). The van der Waals surface area contributed by atoms with E-state index in [1.54, 1.807) is 31.2 Å². The van der Waals surface area contributed by atoms with Crippen LogP contribution in [0, 0.1) is 0 Å². The number of anilines is 1. The van der Waals surface area contributed by atoms with Crippen molar-refractivity contribution in [2.45, 2.75) is 13.0 Å². The third-order valence-corrected chi connectivity index (χ3v) is 4.03. The van der Waals surface area contributed by atoms with Gasteiger partial charge in [0.25, 0.3) is 5.91 Å². The van der Waals surface area contributed by atoms with E-state index >= 15 is 0 Å². The van der Waals surface area contributed by atoms with Crippen LogP contribution in [0.1, 0.15) is 6.92 Å². The van der Waals surface area contributed by atoms with E-state index in [1.165, 1.54) is 4.90 Å². The molecule has 0 fully saturated rings. The van der Waals surface area contributed by atoms with E-state index in [4.69, 9.17) is 15.2 Å². The van der Waals surface area contributed by atoms with Crippen LogP contribution in [-0.2, 0) is 19.1 Å². The molecule has 1 heterocycles. The summed E-state index contributed by atoms with van der Waals surface area (Å²) in [6.07, 6.45) is -0.885. The van der Waals surface area contributed by atoms with Gasteiger partial charge in [0.1, 0.15) is 5.75 Å². The lowest BCUT2D eigenvalue weighted by Crippen LogP contribution is -2.49. The first-order valence-corrected chi connectivity index (χ1v) is 8.27. The van der Waals surface area contributed by atoms with Crippen molar-refractivity contribution in [3.05, 3.63) is 24.3 Å². The highest BCUT2D eigenvalue weighted by Crippen LogP contribution is 2.33. The fourth-order valence-corrected chi connectivity index (χ4v) is 2.80. The van der Waals surface area contributed by atoms with Crippen molar-refractivity contribution in [1.29, 1.82) is 0 Å². The minimum Gasteiger partial charge on any atom is -0.477 e. The predicted molar refractivity (Wildman–Crippen MR) is 86.4 cm³/mol. The average Bonchev–Trinajstić information content (AvgIpc) is 2.53. The van der Waals surface area contributed by atoms with Crippen LogP contribution in [0.2, 0.25) is 0 Å². The molecule has 0 bridgehead atoms. The number of para-hydroxylation sites is 2. The summed E-state index contributed by atoms with van der Waals surface area (Å²) in [6.45, 7) is 2.10. The lowest BCUT2D eigenvalue weighted by molar-refractivity contribution is -0.139. The number of hydrogen-bond donors (Lipinski definition) is 1. The summed E-state index contributed by atoms with van der Waals surface area (Å²) in [5.41, 5.74) is 5.88. The Morgan fingerprint density at radius 1 is 1.35 bits per heavy atom. The van der Waals surface area contributed by atoms with E-state index in [-0.39, 0.29) is 29.9 Å². The van der Waals surface area contributed by atoms with Gasteiger partial charge in [0.15, 0.2) is 6.10 Å². The van der Waals surface area contributed by atoms with Gasteiger partial charge >= 0.3 is 5.97 Å². The summed E-state index contributed by atoms with van der Waals surface area (Å²) >= 11 is 1.16. The Morgan fingerprint density at radius 2 is 2.09 bits per heavy atom. The fourth-order valence-electron chi connectivity index (χ4n) is 2.12. The third-order valence-electron chi connectivity index (χ3n) is 3.14. The van der Waals surface area contributed by atoms with E-state index in [1.807, 2.05) is 0 Å². The van der Waals surface area contributed by atoms with Crippen molar-refractivity contribution in [3.8, 4) is 5.75 Å². The quantitative estimate of drug-likeness (QED) is 0.761. The molecule has 2 N–H and O–H groups in total. The Hall–Kier alpha value is -2.22. The molecule has 2 amide bonds. The Balaban J connectivity index is 2.03. The van der Waals surface area contributed by atoms with Crippen LogP contribution in [-0.4, -0.2) is 48.5 Å². The highest BCUT2D eigenvalue weighted by atomic mass is 32.2. The molecule has 0 aliphatic carbocycles. The van der Waals surface area contributed by atoms with E-state index in [0.717, 1.165) is 11.8 Å². The first-order chi connectivity index (χ1) is 11.0. The number of nitrogens with zero attached hydrogens (tertiary/aromatic N) is 1. The molecule has 7 nitrogen and oxygen atoms in total. The first kappa shape index (κ1) is 17.1. The smallest absolute Gasteiger partial charge is 0.315 e. The first-order valence-electron chi connectivity index (χ1n) is 7.11. The zero-order valence-corrected chi connectivity index (χ0v) is 13.5. The summed E-state index contributed by atoms with van der Waals surface area (Å²) in [7, 11) is 0. The van der Waals surface area contributed by atoms with E-state index in [2.05, 4.69) is 0 Å². The van der Waals surface area contributed by atoms with Crippen molar-refractivity contribution in [1.82, 2.24) is 0 Å². The number of esters is 1. The maximum absolute atomic E-state index is 12.4. The molecule has 1 aliphatic rings. The van der Waals surface area contributed by atoms with Crippen molar-refractivity contribution in [2.24, 2.45) is 5.73 Å². The summed E-state index contributed by atoms with van der Waals surface area (Å²) in [5, 5.41) is 0. The molecule has 1 aromatic carbocycles. The largest absolute Gasteiger partial charge is 0.477 e. The van der Waals surface area contributed by atoms with Gasteiger partial charge in [-0.1, -0.05) is 12.1 Å². The van der Waals surface area contributed by atoms with Gasteiger partial charge in [0.2, 0.25) is 5.91 Å². The van der Waals surface area contributed by atoms with Crippen molar-refractivity contribution < 1.29 is 23.9 Å². The monoisotopic (exact) mass is 338 g/mol. The molecule has 0 unspecified atom stereocenters. The van der Waals surface area contributed by atoms with Gasteiger partial charge in [-0.05, 0) is 19.1 Å². The maximum Gasteiger partial charge on any atom is 0.315 e. The van der Waals surface area contributed by atoms with Gasteiger partial charge < -0.3 is 20.1 Å². The number of benzene rings is 1. The van der Waals surface area contributed by atoms with Crippen LogP contribution < -0.4 is 15.4 Å². The van der Waals surface area contributed by atoms with Crippen LogP contribution in [0.3, 0.4) is 0 Å². The highest BCUT2D eigenvalue weighted by Gasteiger charge is 2.32. The average molecular weight is 338 g/mol. The number of primary amides is 1. The maximum atomic E-state index is 12.4. The molecule has 1 aliphatic heterocycles. The second-order valence-electron chi connectivity index (χ2n) is 4.78. The SMILES string of the molecule is CCOC(=O)CSCC(=O)N1C[C@H](C(N)=O)Oc2ccccc21. The van der Waals surface area contributed by atoms with Gasteiger partial charge in [-0.25, -0.2) is 0 Å². The van der Waals surface area contributed by atoms with Crippen LogP contribution in [0.15, 0.2) is 24.3 Å². The number of fused-ring (bicyclic) bond motifs is 1. The molecular weight excluding hydrogens is 320 g/mol. The van der Waals surface area contributed by atoms with E-state index in [0.29, 0.717) is 18.0 Å². The van der Waals surface area contributed by atoms with Gasteiger partial charge in [0, 0.05) is 0 Å². The molecule has 1 atom stereocenters. The van der Waals surface area contributed by atoms with Crippen molar-refractivity contribution >= 4 is 35.2 Å². The van der Waals surface area contributed by atoms with Gasteiger partial charge in [0.05, 0.1) is 30.3 Å². The molecule has 0 saturated heterocycles. The minimum atomic E-state index is -0.885. The number of thioether (sulfide) groups is 1. The lowest BCUT2D eigenvalue weighted by Gasteiger charge is -2.33. The Labute approximate surface area is 138 Å². The number of amides is 2. The Bertz CT molecular complexity index is 607. The lowest BCUT2D eigenvalue weighted by atomic mass is 10.2. The highest BCUT2D eigenvalue weighted by molar-refractivity contribution is 8.00. The number of nitrogens with two attached hydrogens (primary N) is 1. The van der Waals surface area contributed by atoms with E-state index < -0.39 is 12.0 Å². The number of carbonyl (C=O) groups is 3. The number of ether oxygens (including phenoxy) is 2. The van der Waals surface area contributed by atoms with Crippen molar-refractivity contribution in [3.63, 3.8) is 0 Å². The summed E-state index contributed by atoms with van der Waals surface area (Å²) in [4.78, 5) is 36.6. The molecule has 124 valence electrons. The topological polar surface area (TPSA) is 98.9 Å². The van der Waals surface area contributed by atoms with Crippen LogP contribution in [0.25, 0.3) is 0 Å². The molecule has 0 spiro atoms. The predicted octanol–water partition coefficient (Wildman–Crippen LogP) is 0.562. The molecule has 1 aromatic rings. The normalized spacial score (nSPS) is 16.2. The Kier molecular flexibility index (Phi) is 5.86. The second kappa shape index (κ2) is 7.87. The second-order valence-corrected chi connectivity index (χ2v) is 5.76. The molecule has 0 aromatic heterocycles. The van der Waals surface area contributed by atoms with E-state index in [9.17, 15) is 14.4 Å². The Morgan fingerprint density at radius 3 is 2.78 bits per heavy atom. The van der Waals surface area contributed by atoms with Crippen LogP contribution >= 0.6 is 11.8 Å². The van der Waals surface area contributed by atoms with Crippen LogP contribution in [0.5, 0.6) is 5.75 Å². The van der Waals surface area contributed by atoms with Crippen LogP contribution in [0.4, 0.5) is 5.69 Å². The fraction of sp³-hybridized carbons (Fsp3) is 0.400. The molecule has 0 radical (unpaired) electrons.